The van der Waals surface area contributed by atoms with Crippen LogP contribution in [0.4, 0.5) is 0 Å². The van der Waals surface area contributed by atoms with Crippen LogP contribution in [-0.2, 0) is 0 Å². The van der Waals surface area contributed by atoms with Crippen LogP contribution in [0.2, 0.25) is 0 Å². The molecular formula is C22H30N4O. The molecule has 0 aromatic carbocycles. The standard InChI is InChI=1S/C22H30N4O/c1-16-23-10-11-26(16)20-12-17-14-25(19-6-2-3-7-19)15-18(17)13-21(20)27-22-8-4-5-9-24-22/h4-5,8-11,17-21H,2-3,6-7,12-15H2,1H3/t17-,18+,20-,21-/m0/s1. The quantitative estimate of drug-likeness (QED) is 0.824. The molecule has 1 saturated heterocycles. The molecule has 5 rings (SSSR count). The number of rotatable bonds is 4. The van der Waals surface area contributed by atoms with E-state index in [2.05, 4.69) is 32.6 Å². The zero-order chi connectivity index (χ0) is 18.2. The summed E-state index contributed by atoms with van der Waals surface area (Å²) in [4.78, 5) is 11.7. The van der Waals surface area contributed by atoms with Crippen molar-refractivity contribution < 1.29 is 4.74 Å². The van der Waals surface area contributed by atoms with Crippen LogP contribution in [-0.4, -0.2) is 44.7 Å². The number of hydrogen-bond donors (Lipinski definition) is 0. The van der Waals surface area contributed by atoms with Crippen molar-refractivity contribution in [3.63, 3.8) is 0 Å². The maximum absolute atomic E-state index is 6.44. The molecule has 1 aliphatic heterocycles. The Labute approximate surface area is 161 Å². The maximum atomic E-state index is 6.44. The molecule has 5 nitrogen and oxygen atoms in total. The van der Waals surface area contributed by atoms with Gasteiger partial charge in [0.2, 0.25) is 5.88 Å². The second kappa shape index (κ2) is 7.27. The van der Waals surface area contributed by atoms with E-state index in [9.17, 15) is 0 Å². The number of fused-ring (bicyclic) bond motifs is 1. The lowest BCUT2D eigenvalue weighted by molar-refractivity contribution is 0.0504. The van der Waals surface area contributed by atoms with Crippen LogP contribution < -0.4 is 4.74 Å². The van der Waals surface area contributed by atoms with Gasteiger partial charge >= 0.3 is 0 Å². The highest BCUT2D eigenvalue weighted by Crippen LogP contribution is 2.44. The number of hydrogen-bond acceptors (Lipinski definition) is 4. The van der Waals surface area contributed by atoms with Crippen LogP contribution in [0.15, 0.2) is 36.8 Å². The Morgan fingerprint density at radius 1 is 1.00 bits per heavy atom. The highest BCUT2D eigenvalue weighted by Gasteiger charge is 2.45. The molecule has 5 heteroatoms. The number of nitrogens with zero attached hydrogens (tertiary/aromatic N) is 4. The van der Waals surface area contributed by atoms with Crippen LogP contribution in [0.25, 0.3) is 0 Å². The van der Waals surface area contributed by atoms with Crippen LogP contribution >= 0.6 is 0 Å². The molecule has 0 radical (unpaired) electrons. The Balaban J connectivity index is 1.37. The molecule has 2 aliphatic carbocycles. The minimum absolute atomic E-state index is 0.164. The molecule has 144 valence electrons. The SMILES string of the molecule is Cc1nccn1[C@H]1C[C@H]2CN(C3CCCC3)C[C@H]2C[C@@H]1Oc1ccccn1. The first-order valence-corrected chi connectivity index (χ1v) is 10.6. The molecular weight excluding hydrogens is 336 g/mol. The molecule has 3 fully saturated rings. The van der Waals surface area contributed by atoms with Gasteiger partial charge in [0.05, 0.1) is 6.04 Å². The topological polar surface area (TPSA) is 43.2 Å². The Kier molecular flexibility index (Phi) is 4.64. The first kappa shape index (κ1) is 17.2. The monoisotopic (exact) mass is 366 g/mol. The number of ether oxygens (including phenoxy) is 1. The lowest BCUT2D eigenvalue weighted by Crippen LogP contribution is -2.40. The third-order valence-electron chi connectivity index (χ3n) is 7.08. The lowest BCUT2D eigenvalue weighted by atomic mass is 9.77. The molecule has 3 heterocycles. The van der Waals surface area contributed by atoms with E-state index in [1.54, 1.807) is 0 Å². The molecule has 2 aromatic heterocycles. The number of likely N-dealkylation sites (tertiary alicyclic amines) is 1. The van der Waals surface area contributed by atoms with Gasteiger partial charge in [0.15, 0.2) is 0 Å². The summed E-state index contributed by atoms with van der Waals surface area (Å²) in [6.45, 7) is 4.63. The summed E-state index contributed by atoms with van der Waals surface area (Å²) in [5.41, 5.74) is 0. The number of aryl methyl sites for hydroxylation is 1. The second-order valence-corrected chi connectivity index (χ2v) is 8.66. The minimum atomic E-state index is 0.164. The van der Waals surface area contributed by atoms with Crippen molar-refractivity contribution in [1.82, 2.24) is 19.4 Å². The Hall–Kier alpha value is -1.88. The number of aromatic nitrogens is 3. The Morgan fingerprint density at radius 3 is 2.52 bits per heavy atom. The fourth-order valence-electron chi connectivity index (χ4n) is 5.72. The molecule has 0 unspecified atom stereocenters. The molecule has 4 atom stereocenters. The molecule has 0 bridgehead atoms. The van der Waals surface area contributed by atoms with Crippen molar-refractivity contribution in [2.45, 2.75) is 63.6 Å². The molecule has 3 aliphatic rings. The average Bonchev–Trinajstić information content (AvgIpc) is 3.42. The zero-order valence-electron chi connectivity index (χ0n) is 16.2. The van der Waals surface area contributed by atoms with Crippen molar-refractivity contribution in [2.75, 3.05) is 13.1 Å². The van der Waals surface area contributed by atoms with E-state index < -0.39 is 0 Å². The van der Waals surface area contributed by atoms with Gasteiger partial charge in [-0.2, -0.15) is 0 Å². The summed E-state index contributed by atoms with van der Waals surface area (Å²) in [5.74, 6) is 3.36. The predicted octanol–water partition coefficient (Wildman–Crippen LogP) is 3.86. The van der Waals surface area contributed by atoms with Crippen molar-refractivity contribution in [3.05, 3.63) is 42.6 Å². The highest BCUT2D eigenvalue weighted by atomic mass is 16.5. The largest absolute Gasteiger partial charge is 0.472 e. The van der Waals surface area contributed by atoms with Gasteiger partial charge in [-0.15, -0.1) is 0 Å². The van der Waals surface area contributed by atoms with E-state index in [-0.39, 0.29) is 6.10 Å². The molecule has 0 spiro atoms. The smallest absolute Gasteiger partial charge is 0.213 e. The summed E-state index contributed by atoms with van der Waals surface area (Å²) in [5, 5.41) is 0. The predicted molar refractivity (Wildman–Crippen MR) is 105 cm³/mol. The van der Waals surface area contributed by atoms with E-state index in [4.69, 9.17) is 4.74 Å². The first-order valence-electron chi connectivity index (χ1n) is 10.6. The Morgan fingerprint density at radius 2 is 1.81 bits per heavy atom. The molecule has 2 aromatic rings. The van der Waals surface area contributed by atoms with Crippen LogP contribution in [0.1, 0.15) is 50.4 Å². The van der Waals surface area contributed by atoms with Gasteiger partial charge in [-0.05, 0) is 50.5 Å². The normalized spacial score (nSPS) is 31.9. The lowest BCUT2D eigenvalue weighted by Gasteiger charge is -2.38. The molecule has 2 saturated carbocycles. The summed E-state index contributed by atoms with van der Waals surface area (Å²) < 4.78 is 8.77. The van der Waals surface area contributed by atoms with Crippen LogP contribution in [0.5, 0.6) is 5.88 Å². The first-order chi connectivity index (χ1) is 13.3. The van der Waals surface area contributed by atoms with Crippen molar-refractivity contribution in [3.8, 4) is 5.88 Å². The van der Waals surface area contributed by atoms with Gasteiger partial charge in [0, 0.05) is 43.8 Å². The minimum Gasteiger partial charge on any atom is -0.472 e. The number of imidazole rings is 1. The van der Waals surface area contributed by atoms with Crippen molar-refractivity contribution >= 4 is 0 Å². The average molecular weight is 367 g/mol. The van der Waals surface area contributed by atoms with Gasteiger partial charge in [-0.3, -0.25) is 4.90 Å². The van der Waals surface area contributed by atoms with Gasteiger partial charge in [0.25, 0.3) is 0 Å². The van der Waals surface area contributed by atoms with Crippen LogP contribution in [0, 0.1) is 18.8 Å². The maximum Gasteiger partial charge on any atom is 0.213 e. The van der Waals surface area contributed by atoms with Crippen molar-refractivity contribution in [2.24, 2.45) is 11.8 Å². The van der Waals surface area contributed by atoms with E-state index >= 15 is 0 Å². The van der Waals surface area contributed by atoms with Crippen molar-refractivity contribution in [1.29, 1.82) is 0 Å². The van der Waals surface area contributed by atoms with E-state index in [0.717, 1.165) is 36.0 Å². The summed E-state index contributed by atoms with van der Waals surface area (Å²) in [6, 6.07) is 7.10. The Bertz CT molecular complexity index is 755. The fourth-order valence-corrected chi connectivity index (χ4v) is 5.72. The van der Waals surface area contributed by atoms with Gasteiger partial charge in [-0.1, -0.05) is 18.9 Å². The molecule has 27 heavy (non-hydrogen) atoms. The van der Waals surface area contributed by atoms with Gasteiger partial charge < -0.3 is 9.30 Å². The summed E-state index contributed by atoms with van der Waals surface area (Å²) in [7, 11) is 0. The third kappa shape index (κ3) is 3.38. The van der Waals surface area contributed by atoms with E-state index in [0.29, 0.717) is 6.04 Å². The third-order valence-corrected chi connectivity index (χ3v) is 7.08. The molecule has 0 amide bonds. The zero-order valence-corrected chi connectivity index (χ0v) is 16.2. The highest BCUT2D eigenvalue weighted by molar-refractivity contribution is 5.11. The van der Waals surface area contributed by atoms with Crippen LogP contribution in [0.3, 0.4) is 0 Å². The summed E-state index contributed by atoms with van der Waals surface area (Å²) in [6.07, 6.45) is 14.0. The summed E-state index contributed by atoms with van der Waals surface area (Å²) >= 11 is 0. The molecule has 0 N–H and O–H groups in total. The fraction of sp³-hybridized carbons (Fsp3) is 0.636. The second-order valence-electron chi connectivity index (χ2n) is 8.66. The van der Waals surface area contributed by atoms with Gasteiger partial charge in [0.1, 0.15) is 11.9 Å². The van der Waals surface area contributed by atoms with E-state index in [1.807, 2.05) is 30.6 Å². The van der Waals surface area contributed by atoms with Gasteiger partial charge in [-0.25, -0.2) is 9.97 Å². The van der Waals surface area contributed by atoms with E-state index in [1.165, 1.54) is 45.2 Å². The number of pyridine rings is 1.